The zero-order valence-corrected chi connectivity index (χ0v) is 12.7. The molecule has 1 saturated heterocycles. The smallest absolute Gasteiger partial charge is 0.269 e. The molecule has 21 heavy (non-hydrogen) atoms. The summed E-state index contributed by atoms with van der Waals surface area (Å²) in [5.41, 5.74) is 0.792. The van der Waals surface area contributed by atoms with E-state index in [0.29, 0.717) is 12.3 Å². The Labute approximate surface area is 129 Å². The van der Waals surface area contributed by atoms with Crippen LogP contribution in [0.5, 0.6) is 0 Å². The minimum atomic E-state index is -0.428. The predicted octanol–water partition coefficient (Wildman–Crippen LogP) is 2.19. The van der Waals surface area contributed by atoms with Crippen molar-refractivity contribution in [3.8, 4) is 0 Å². The Morgan fingerprint density at radius 3 is 2.95 bits per heavy atom. The number of nitro benzene ring substituents is 1. The second kappa shape index (κ2) is 7.95. The van der Waals surface area contributed by atoms with Crippen molar-refractivity contribution in [2.75, 3.05) is 13.1 Å². The first-order valence-electron chi connectivity index (χ1n) is 6.80. The fourth-order valence-corrected chi connectivity index (χ4v) is 2.44. The maximum atomic E-state index is 11.9. The molecule has 2 N–H and O–H groups in total. The number of nitrogens with one attached hydrogen (secondary N) is 2. The average molecular weight is 314 g/mol. The van der Waals surface area contributed by atoms with Gasteiger partial charge in [0.05, 0.1) is 11.0 Å². The molecule has 116 valence electrons. The molecular formula is C14H20ClN3O3. The normalized spacial score (nSPS) is 18.6. The van der Waals surface area contributed by atoms with E-state index in [1.165, 1.54) is 12.1 Å². The van der Waals surface area contributed by atoms with E-state index in [4.69, 9.17) is 0 Å². The molecule has 0 aliphatic carbocycles. The van der Waals surface area contributed by atoms with Crippen LogP contribution in [0.25, 0.3) is 0 Å². The van der Waals surface area contributed by atoms with E-state index >= 15 is 0 Å². The molecule has 1 aromatic rings. The molecule has 2 rings (SSSR count). The van der Waals surface area contributed by atoms with E-state index < -0.39 is 4.92 Å². The maximum absolute atomic E-state index is 11.9. The molecule has 2 unspecified atom stereocenters. The standard InChI is InChI=1S/C14H19N3O3.ClH/c1-10(12-3-2-4-13(8-12)17(19)20)16-14(18)7-11-5-6-15-9-11;/h2-4,8,10-11,15H,5-7,9H2,1H3,(H,16,18);1H. The first-order chi connectivity index (χ1) is 9.56. The van der Waals surface area contributed by atoms with Crippen LogP contribution >= 0.6 is 12.4 Å². The number of carbonyl (C=O) groups excluding carboxylic acids is 1. The highest BCUT2D eigenvalue weighted by atomic mass is 35.5. The Morgan fingerprint density at radius 2 is 2.33 bits per heavy atom. The van der Waals surface area contributed by atoms with E-state index in [-0.39, 0.29) is 30.0 Å². The summed E-state index contributed by atoms with van der Waals surface area (Å²) in [4.78, 5) is 22.2. The third-order valence-corrected chi connectivity index (χ3v) is 3.59. The van der Waals surface area contributed by atoms with Gasteiger partial charge in [0.15, 0.2) is 0 Å². The number of carbonyl (C=O) groups is 1. The van der Waals surface area contributed by atoms with E-state index in [9.17, 15) is 14.9 Å². The van der Waals surface area contributed by atoms with Gasteiger partial charge in [0, 0.05) is 18.6 Å². The lowest BCUT2D eigenvalue weighted by molar-refractivity contribution is -0.384. The minimum Gasteiger partial charge on any atom is -0.350 e. The average Bonchev–Trinajstić information content (AvgIpc) is 2.91. The fraction of sp³-hybridized carbons (Fsp3) is 0.500. The molecule has 1 aliphatic rings. The molecule has 1 fully saturated rings. The quantitative estimate of drug-likeness (QED) is 0.644. The summed E-state index contributed by atoms with van der Waals surface area (Å²) < 4.78 is 0. The van der Waals surface area contributed by atoms with Crippen LogP contribution in [-0.2, 0) is 4.79 Å². The van der Waals surface area contributed by atoms with Gasteiger partial charge in [-0.15, -0.1) is 12.4 Å². The molecule has 0 saturated carbocycles. The van der Waals surface area contributed by atoms with Gasteiger partial charge in [-0.05, 0) is 37.9 Å². The van der Waals surface area contributed by atoms with Crippen LogP contribution in [-0.4, -0.2) is 23.9 Å². The number of non-ortho nitro benzene ring substituents is 1. The lowest BCUT2D eigenvalue weighted by Crippen LogP contribution is -2.28. The Balaban J connectivity index is 0.00000220. The number of benzene rings is 1. The molecule has 1 aromatic carbocycles. The molecule has 1 aliphatic heterocycles. The summed E-state index contributed by atoms with van der Waals surface area (Å²) in [6.45, 7) is 3.70. The van der Waals surface area contributed by atoms with E-state index in [1.54, 1.807) is 12.1 Å². The van der Waals surface area contributed by atoms with E-state index in [1.807, 2.05) is 6.92 Å². The predicted molar refractivity (Wildman–Crippen MR) is 82.5 cm³/mol. The molecule has 7 heteroatoms. The first-order valence-corrected chi connectivity index (χ1v) is 6.80. The maximum Gasteiger partial charge on any atom is 0.269 e. The number of nitrogens with zero attached hydrogens (tertiary/aromatic N) is 1. The van der Waals surface area contributed by atoms with Crippen molar-refractivity contribution < 1.29 is 9.72 Å². The Hall–Kier alpha value is -1.66. The Kier molecular flexibility index (Phi) is 6.58. The lowest BCUT2D eigenvalue weighted by Gasteiger charge is -2.15. The summed E-state index contributed by atoms with van der Waals surface area (Å²) in [7, 11) is 0. The molecule has 2 atom stereocenters. The molecule has 1 amide bonds. The van der Waals surface area contributed by atoms with Crippen molar-refractivity contribution in [3.05, 3.63) is 39.9 Å². The first kappa shape index (κ1) is 17.4. The van der Waals surface area contributed by atoms with Gasteiger partial charge < -0.3 is 10.6 Å². The number of hydrogen-bond donors (Lipinski definition) is 2. The van der Waals surface area contributed by atoms with Gasteiger partial charge in [-0.2, -0.15) is 0 Å². The van der Waals surface area contributed by atoms with E-state index in [0.717, 1.165) is 25.1 Å². The van der Waals surface area contributed by atoms with Crippen LogP contribution in [0.1, 0.15) is 31.4 Å². The zero-order valence-electron chi connectivity index (χ0n) is 11.9. The summed E-state index contributed by atoms with van der Waals surface area (Å²) >= 11 is 0. The molecule has 0 aromatic heterocycles. The topological polar surface area (TPSA) is 84.3 Å². The van der Waals surface area contributed by atoms with Gasteiger partial charge in [0.25, 0.3) is 5.69 Å². The third-order valence-electron chi connectivity index (χ3n) is 3.59. The van der Waals surface area contributed by atoms with Crippen molar-refractivity contribution in [2.24, 2.45) is 5.92 Å². The number of halogens is 1. The van der Waals surface area contributed by atoms with Gasteiger partial charge in [-0.25, -0.2) is 0 Å². The molecule has 0 spiro atoms. The number of amides is 1. The molecule has 0 bridgehead atoms. The third kappa shape index (κ3) is 4.99. The highest BCUT2D eigenvalue weighted by Crippen LogP contribution is 2.19. The summed E-state index contributed by atoms with van der Waals surface area (Å²) in [5.74, 6) is 0.394. The summed E-state index contributed by atoms with van der Waals surface area (Å²) in [6.07, 6.45) is 1.53. The van der Waals surface area contributed by atoms with Gasteiger partial charge >= 0.3 is 0 Å². The number of nitro groups is 1. The largest absolute Gasteiger partial charge is 0.350 e. The second-order valence-corrected chi connectivity index (χ2v) is 5.20. The SMILES string of the molecule is CC(NC(=O)CC1CCNC1)c1cccc([N+](=O)[O-])c1.Cl. The minimum absolute atomic E-state index is 0. The number of rotatable bonds is 5. The molecule has 0 radical (unpaired) electrons. The van der Waals surface area contributed by atoms with Crippen molar-refractivity contribution in [1.29, 1.82) is 0 Å². The second-order valence-electron chi connectivity index (χ2n) is 5.20. The van der Waals surface area contributed by atoms with Crippen LogP contribution < -0.4 is 10.6 Å². The van der Waals surface area contributed by atoms with Gasteiger partial charge in [-0.3, -0.25) is 14.9 Å². The van der Waals surface area contributed by atoms with Crippen molar-refractivity contribution >= 4 is 24.0 Å². The molecule has 6 nitrogen and oxygen atoms in total. The van der Waals surface area contributed by atoms with Crippen LogP contribution in [0, 0.1) is 16.0 Å². The number of hydrogen-bond acceptors (Lipinski definition) is 4. The fourth-order valence-electron chi connectivity index (χ4n) is 2.44. The monoisotopic (exact) mass is 313 g/mol. The van der Waals surface area contributed by atoms with Gasteiger partial charge in [0.1, 0.15) is 0 Å². The van der Waals surface area contributed by atoms with E-state index in [2.05, 4.69) is 10.6 Å². The van der Waals surface area contributed by atoms with Gasteiger partial charge in [-0.1, -0.05) is 12.1 Å². The van der Waals surface area contributed by atoms with Crippen molar-refractivity contribution in [3.63, 3.8) is 0 Å². The Bertz CT molecular complexity index is 504. The van der Waals surface area contributed by atoms with Crippen LogP contribution in [0.2, 0.25) is 0 Å². The highest BCUT2D eigenvalue weighted by Gasteiger charge is 2.19. The lowest BCUT2D eigenvalue weighted by atomic mass is 10.0. The molecule has 1 heterocycles. The van der Waals surface area contributed by atoms with Gasteiger partial charge in [0.2, 0.25) is 5.91 Å². The zero-order chi connectivity index (χ0) is 14.5. The van der Waals surface area contributed by atoms with Crippen molar-refractivity contribution in [1.82, 2.24) is 10.6 Å². The van der Waals surface area contributed by atoms with Crippen LogP contribution in [0.4, 0.5) is 5.69 Å². The Morgan fingerprint density at radius 1 is 1.57 bits per heavy atom. The summed E-state index contributed by atoms with van der Waals surface area (Å²) in [5, 5.41) is 16.9. The molecular weight excluding hydrogens is 294 g/mol. The van der Waals surface area contributed by atoms with Crippen LogP contribution in [0.3, 0.4) is 0 Å². The summed E-state index contributed by atoms with van der Waals surface area (Å²) in [6, 6.07) is 6.15. The highest BCUT2D eigenvalue weighted by molar-refractivity contribution is 5.85. The van der Waals surface area contributed by atoms with Crippen LogP contribution in [0.15, 0.2) is 24.3 Å². The van der Waals surface area contributed by atoms with Crippen molar-refractivity contribution in [2.45, 2.75) is 25.8 Å².